The molecule has 0 saturated heterocycles. The zero-order valence-electron chi connectivity index (χ0n) is 9.94. The van der Waals surface area contributed by atoms with Crippen LogP contribution >= 0.6 is 24.2 Å². The second kappa shape index (κ2) is 9.27. The molecule has 1 atom stereocenters. The van der Waals surface area contributed by atoms with Gasteiger partial charge in [0.05, 0.1) is 5.84 Å². The minimum absolute atomic E-state index is 0. The van der Waals surface area contributed by atoms with Gasteiger partial charge in [0.2, 0.25) is 0 Å². The topological polar surface area (TPSA) is 87.7 Å². The molecule has 0 heterocycles. The summed E-state index contributed by atoms with van der Waals surface area (Å²) < 4.78 is 0. The maximum atomic E-state index is 10.8. The Balaban J connectivity index is 0. The summed E-state index contributed by atoms with van der Waals surface area (Å²) in [6, 6.07) is 0. The van der Waals surface area contributed by atoms with E-state index in [1.54, 1.807) is 13.0 Å². The molecule has 0 saturated carbocycles. The van der Waals surface area contributed by atoms with Gasteiger partial charge in [-0.1, -0.05) is 12.2 Å². The van der Waals surface area contributed by atoms with Crippen LogP contribution in [0.4, 0.5) is 0 Å². The van der Waals surface area contributed by atoms with Crippen LogP contribution in [0.25, 0.3) is 0 Å². The Morgan fingerprint density at radius 2 is 2.18 bits per heavy atom. The molecule has 0 amide bonds. The van der Waals surface area contributed by atoms with E-state index in [0.717, 1.165) is 6.42 Å². The molecule has 0 aliphatic heterocycles. The highest BCUT2D eigenvalue weighted by molar-refractivity contribution is 6.15. The van der Waals surface area contributed by atoms with Crippen LogP contribution in [0.5, 0.6) is 0 Å². The Morgan fingerprint density at radius 3 is 2.59 bits per heavy atom. The van der Waals surface area contributed by atoms with Crippen LogP contribution in [-0.2, 0) is 4.79 Å². The van der Waals surface area contributed by atoms with Crippen molar-refractivity contribution in [2.75, 3.05) is 6.54 Å². The van der Waals surface area contributed by atoms with Crippen molar-refractivity contribution in [3.05, 3.63) is 12.2 Å². The third kappa shape index (κ3) is 8.01. The van der Waals surface area contributed by atoms with E-state index in [4.69, 9.17) is 22.6 Å². The maximum Gasteiger partial charge on any atom is 0.325 e. The van der Waals surface area contributed by atoms with Crippen molar-refractivity contribution in [2.24, 2.45) is 10.7 Å². The van der Waals surface area contributed by atoms with Crippen molar-refractivity contribution in [1.29, 1.82) is 0 Å². The van der Waals surface area contributed by atoms with Gasteiger partial charge in [-0.05, 0) is 38.5 Å². The fourth-order valence-corrected chi connectivity index (χ4v) is 1.08. The number of carboxylic acids is 1. The van der Waals surface area contributed by atoms with Crippen molar-refractivity contribution in [2.45, 2.75) is 32.2 Å². The van der Waals surface area contributed by atoms with Crippen LogP contribution in [0.3, 0.4) is 0 Å². The summed E-state index contributed by atoms with van der Waals surface area (Å²) in [5.74, 6) is -0.436. The summed E-state index contributed by atoms with van der Waals surface area (Å²) in [6.45, 7) is 3.86. The van der Waals surface area contributed by atoms with Crippen molar-refractivity contribution in [3.63, 3.8) is 0 Å². The smallest absolute Gasteiger partial charge is 0.325 e. The first-order chi connectivity index (χ1) is 7.42. The molecule has 0 aromatic carbocycles. The minimum Gasteiger partial charge on any atom is -0.480 e. The van der Waals surface area contributed by atoms with Gasteiger partial charge in [0.15, 0.2) is 0 Å². The Kier molecular flexibility index (Phi) is 10.1. The van der Waals surface area contributed by atoms with Crippen molar-refractivity contribution >= 4 is 36.0 Å². The number of carbonyl (C=O) groups is 1. The maximum absolute atomic E-state index is 10.8. The molecule has 0 fully saturated rings. The van der Waals surface area contributed by atoms with E-state index < -0.39 is 11.5 Å². The summed E-state index contributed by atoms with van der Waals surface area (Å²) in [5, 5.41) is 8.89. The SMILES string of the molecule is CC(N)=NCC/C=C/CC(C)(NCl)C(=O)O.Cl. The predicted molar refractivity (Wildman–Crippen MR) is 72.8 cm³/mol. The lowest BCUT2D eigenvalue weighted by Crippen LogP contribution is -2.44. The molecule has 0 aromatic heterocycles. The Bertz CT molecular complexity index is 291. The number of amidine groups is 1. The van der Waals surface area contributed by atoms with Gasteiger partial charge in [-0.2, -0.15) is 0 Å². The van der Waals surface area contributed by atoms with Crippen molar-refractivity contribution in [3.8, 4) is 0 Å². The monoisotopic (exact) mass is 283 g/mol. The van der Waals surface area contributed by atoms with Gasteiger partial charge in [0.25, 0.3) is 0 Å². The standard InChI is InChI=1S/C10H18ClN3O2.ClH/c1-8(12)13-7-5-3-4-6-10(2,14-11)9(15)16;/h3-4,14H,5-7H2,1-2H3,(H2,12,13)(H,15,16);1H/b4-3+;. The zero-order valence-corrected chi connectivity index (χ0v) is 11.5. The second-order valence-corrected chi connectivity index (χ2v) is 3.91. The van der Waals surface area contributed by atoms with Crippen LogP contribution in [-0.4, -0.2) is 29.0 Å². The minimum atomic E-state index is -1.13. The molecule has 0 radical (unpaired) electrons. The third-order valence-corrected chi connectivity index (χ3v) is 2.45. The fraction of sp³-hybridized carbons (Fsp3) is 0.600. The molecular weight excluding hydrogens is 265 g/mol. The summed E-state index contributed by atoms with van der Waals surface area (Å²) in [7, 11) is 0. The fourth-order valence-electron chi connectivity index (χ4n) is 0.919. The van der Waals surface area contributed by atoms with E-state index in [-0.39, 0.29) is 12.4 Å². The first kappa shape index (κ1) is 18.6. The molecule has 17 heavy (non-hydrogen) atoms. The van der Waals surface area contributed by atoms with Crippen LogP contribution in [0, 0.1) is 0 Å². The second-order valence-electron chi connectivity index (χ2n) is 3.72. The van der Waals surface area contributed by atoms with Crippen LogP contribution in [0.15, 0.2) is 17.1 Å². The number of hydrogen-bond donors (Lipinski definition) is 3. The van der Waals surface area contributed by atoms with Gasteiger partial charge in [-0.25, -0.2) is 4.84 Å². The highest BCUT2D eigenvalue weighted by Crippen LogP contribution is 2.11. The number of nitrogens with one attached hydrogen (secondary N) is 1. The lowest BCUT2D eigenvalue weighted by Gasteiger charge is -2.20. The molecule has 0 aromatic rings. The van der Waals surface area contributed by atoms with E-state index in [9.17, 15) is 4.79 Å². The average molecular weight is 284 g/mol. The molecule has 1 unspecified atom stereocenters. The van der Waals surface area contributed by atoms with E-state index in [1.165, 1.54) is 6.92 Å². The van der Waals surface area contributed by atoms with E-state index in [1.807, 2.05) is 6.08 Å². The molecule has 7 heteroatoms. The average Bonchev–Trinajstić information content (AvgIpc) is 2.22. The van der Waals surface area contributed by atoms with Crippen LogP contribution in [0.1, 0.15) is 26.7 Å². The zero-order chi connectivity index (χ0) is 12.6. The number of halogens is 2. The number of aliphatic carboxylic acids is 1. The molecule has 0 spiro atoms. The van der Waals surface area contributed by atoms with Gasteiger partial charge >= 0.3 is 5.97 Å². The van der Waals surface area contributed by atoms with Crippen LogP contribution < -0.4 is 10.6 Å². The summed E-state index contributed by atoms with van der Waals surface area (Å²) in [5.41, 5.74) is 4.22. The first-order valence-electron chi connectivity index (χ1n) is 4.95. The van der Waals surface area contributed by atoms with Gasteiger partial charge in [0, 0.05) is 6.54 Å². The third-order valence-electron chi connectivity index (χ3n) is 2.03. The Morgan fingerprint density at radius 1 is 1.59 bits per heavy atom. The largest absolute Gasteiger partial charge is 0.480 e. The lowest BCUT2D eigenvalue weighted by atomic mass is 9.99. The number of carboxylic acid groups (broad SMARTS) is 1. The van der Waals surface area contributed by atoms with Gasteiger partial charge in [-0.3, -0.25) is 9.79 Å². The van der Waals surface area contributed by atoms with E-state index in [0.29, 0.717) is 18.8 Å². The number of rotatable bonds is 7. The lowest BCUT2D eigenvalue weighted by molar-refractivity contribution is -0.143. The van der Waals surface area contributed by atoms with Gasteiger partial charge in [0.1, 0.15) is 5.54 Å². The summed E-state index contributed by atoms with van der Waals surface area (Å²) in [4.78, 5) is 17.1. The summed E-state index contributed by atoms with van der Waals surface area (Å²) >= 11 is 5.38. The van der Waals surface area contributed by atoms with Crippen molar-refractivity contribution < 1.29 is 9.90 Å². The highest BCUT2D eigenvalue weighted by Gasteiger charge is 2.30. The number of aliphatic imine (C=N–C) groups is 1. The Labute approximate surface area is 113 Å². The summed E-state index contributed by atoms with van der Waals surface area (Å²) in [6.07, 6.45) is 4.68. The van der Waals surface area contributed by atoms with Crippen LogP contribution in [0.2, 0.25) is 0 Å². The molecule has 0 rings (SSSR count). The van der Waals surface area contributed by atoms with Crippen molar-refractivity contribution in [1.82, 2.24) is 4.84 Å². The molecule has 0 aliphatic rings. The van der Waals surface area contributed by atoms with Gasteiger partial charge < -0.3 is 10.8 Å². The van der Waals surface area contributed by atoms with Gasteiger partial charge in [-0.15, -0.1) is 12.4 Å². The van der Waals surface area contributed by atoms with E-state index in [2.05, 4.69) is 9.83 Å². The number of nitrogens with zero attached hydrogens (tertiary/aromatic N) is 1. The predicted octanol–water partition coefficient (Wildman–Crippen LogP) is 1.71. The first-order valence-corrected chi connectivity index (χ1v) is 5.33. The van der Waals surface area contributed by atoms with E-state index >= 15 is 0 Å². The molecule has 4 N–H and O–H groups in total. The Hall–Kier alpha value is -0.780. The normalized spacial score (nSPS) is 15.4. The molecule has 0 bridgehead atoms. The number of hydrogen-bond acceptors (Lipinski definition) is 3. The molecular formula is C10H19Cl2N3O2. The highest BCUT2D eigenvalue weighted by atomic mass is 35.5. The quantitative estimate of drug-likeness (QED) is 0.218. The molecule has 5 nitrogen and oxygen atoms in total. The molecule has 0 aliphatic carbocycles. The number of nitrogens with two attached hydrogens (primary N) is 1. The molecule has 100 valence electrons.